The van der Waals surface area contributed by atoms with Gasteiger partial charge in [0.15, 0.2) is 0 Å². The van der Waals surface area contributed by atoms with E-state index in [0.717, 1.165) is 5.92 Å². The number of hydrogen-bond donors (Lipinski definition) is 0. The van der Waals surface area contributed by atoms with E-state index in [-0.39, 0.29) is 0 Å². The monoisotopic (exact) mass is 234 g/mol. The normalized spacial score (nSPS) is 45.7. The zero-order valence-corrected chi connectivity index (χ0v) is 11.9. The molecule has 0 radical (unpaired) electrons. The Kier molecular flexibility index (Phi) is 2.66. The smallest absolute Gasteiger partial charge is 0.118 e. The first-order valence-corrected chi connectivity index (χ1v) is 7.65. The highest BCUT2D eigenvalue weighted by Gasteiger charge is 2.54. The molecule has 1 saturated heterocycles. The molecule has 2 heterocycles. The summed E-state index contributed by atoms with van der Waals surface area (Å²) < 4.78 is 1.35. The molecule has 2 aliphatic heterocycles. The summed E-state index contributed by atoms with van der Waals surface area (Å²) in [5.74, 6) is 0.985. The summed E-state index contributed by atoms with van der Waals surface area (Å²) in [7, 11) is 2.54. The van der Waals surface area contributed by atoms with Gasteiger partial charge in [-0.25, -0.2) is 0 Å². The molecule has 17 heavy (non-hydrogen) atoms. The Morgan fingerprint density at radius 1 is 1.24 bits per heavy atom. The minimum absolute atomic E-state index is 0.503. The second kappa shape index (κ2) is 3.85. The van der Waals surface area contributed by atoms with Gasteiger partial charge in [-0.1, -0.05) is 18.9 Å². The molecule has 0 bridgehead atoms. The van der Waals surface area contributed by atoms with Crippen LogP contribution in [0.3, 0.4) is 0 Å². The van der Waals surface area contributed by atoms with E-state index in [1.807, 2.05) is 11.1 Å². The van der Waals surface area contributed by atoms with Gasteiger partial charge >= 0.3 is 0 Å². The number of piperidine rings is 1. The van der Waals surface area contributed by atoms with Crippen molar-refractivity contribution in [2.45, 2.75) is 64.3 Å². The van der Waals surface area contributed by atoms with Gasteiger partial charge < -0.3 is 4.48 Å². The molecule has 1 nitrogen and oxygen atoms in total. The molecule has 0 saturated carbocycles. The summed E-state index contributed by atoms with van der Waals surface area (Å²) in [6.45, 7) is 7.81. The molecular formula is C16H28N+. The van der Waals surface area contributed by atoms with Crippen molar-refractivity contribution in [2.24, 2.45) is 5.92 Å². The third-order valence-corrected chi connectivity index (χ3v) is 6.38. The van der Waals surface area contributed by atoms with Crippen LogP contribution in [0.1, 0.15) is 58.8 Å². The topological polar surface area (TPSA) is 0 Å². The zero-order chi connectivity index (χ0) is 12.1. The highest BCUT2D eigenvalue weighted by Crippen LogP contribution is 2.51. The van der Waals surface area contributed by atoms with Gasteiger partial charge in [0.25, 0.3) is 0 Å². The summed E-state index contributed by atoms with van der Waals surface area (Å²) in [5, 5.41) is 0. The van der Waals surface area contributed by atoms with Crippen molar-refractivity contribution < 1.29 is 4.48 Å². The highest BCUT2D eigenvalue weighted by atomic mass is 15.4. The van der Waals surface area contributed by atoms with Crippen LogP contribution in [0.25, 0.3) is 0 Å². The number of likely N-dealkylation sites (N-methyl/N-ethyl adjacent to an activating group) is 1. The van der Waals surface area contributed by atoms with E-state index in [1.54, 1.807) is 0 Å². The molecule has 0 aromatic carbocycles. The van der Waals surface area contributed by atoms with Crippen LogP contribution in [0.2, 0.25) is 0 Å². The second-order valence-corrected chi connectivity index (χ2v) is 7.07. The third kappa shape index (κ3) is 1.54. The molecular weight excluding hydrogens is 206 g/mol. The zero-order valence-electron chi connectivity index (χ0n) is 11.9. The number of fused-ring (bicyclic) bond motifs is 2. The first-order chi connectivity index (χ1) is 8.09. The Labute approximate surface area is 106 Å². The summed E-state index contributed by atoms with van der Waals surface area (Å²) in [5.41, 5.74) is 4.26. The van der Waals surface area contributed by atoms with Gasteiger partial charge in [0, 0.05) is 12.8 Å². The summed E-state index contributed by atoms with van der Waals surface area (Å²) in [6.07, 6.45) is 9.98. The SMILES string of the molecule is CC[C@@H]1CC[N@+]2(C)CCC3=C(CCC3)[C@]2(C)C1. The molecule has 0 aromatic rings. The molecule has 0 amide bonds. The summed E-state index contributed by atoms with van der Waals surface area (Å²) in [4.78, 5) is 0. The van der Waals surface area contributed by atoms with E-state index >= 15 is 0 Å². The summed E-state index contributed by atoms with van der Waals surface area (Å²) in [6, 6.07) is 0. The molecule has 3 atom stereocenters. The van der Waals surface area contributed by atoms with Gasteiger partial charge in [0.1, 0.15) is 5.54 Å². The average molecular weight is 234 g/mol. The van der Waals surface area contributed by atoms with Crippen LogP contribution in [-0.4, -0.2) is 30.2 Å². The van der Waals surface area contributed by atoms with Crippen LogP contribution in [0.4, 0.5) is 0 Å². The molecule has 1 aliphatic carbocycles. The van der Waals surface area contributed by atoms with Crippen LogP contribution in [0, 0.1) is 5.92 Å². The number of quaternary nitrogens is 1. The fraction of sp³-hybridized carbons (Fsp3) is 0.875. The van der Waals surface area contributed by atoms with Crippen molar-refractivity contribution in [3.8, 4) is 0 Å². The molecule has 0 unspecified atom stereocenters. The minimum atomic E-state index is 0.503. The van der Waals surface area contributed by atoms with Gasteiger partial charge in [-0.2, -0.15) is 0 Å². The molecule has 1 fully saturated rings. The third-order valence-electron chi connectivity index (χ3n) is 6.38. The molecule has 0 N–H and O–H groups in total. The lowest BCUT2D eigenvalue weighted by molar-refractivity contribution is -0.959. The van der Waals surface area contributed by atoms with Crippen molar-refractivity contribution in [2.75, 3.05) is 20.1 Å². The molecule has 3 rings (SSSR count). The van der Waals surface area contributed by atoms with Crippen molar-refractivity contribution in [1.82, 2.24) is 0 Å². The first kappa shape index (κ1) is 11.8. The lowest BCUT2D eigenvalue weighted by Crippen LogP contribution is -2.67. The molecule has 96 valence electrons. The van der Waals surface area contributed by atoms with E-state index in [2.05, 4.69) is 20.9 Å². The maximum absolute atomic E-state index is 2.59. The van der Waals surface area contributed by atoms with Gasteiger partial charge in [0.05, 0.1) is 20.1 Å². The maximum atomic E-state index is 2.59. The fourth-order valence-electron chi connectivity index (χ4n) is 4.87. The predicted molar refractivity (Wildman–Crippen MR) is 72.8 cm³/mol. The average Bonchev–Trinajstić information content (AvgIpc) is 2.79. The lowest BCUT2D eigenvalue weighted by Gasteiger charge is -2.57. The molecule has 3 aliphatic rings. The van der Waals surface area contributed by atoms with Crippen molar-refractivity contribution in [1.29, 1.82) is 0 Å². The van der Waals surface area contributed by atoms with Crippen molar-refractivity contribution in [3.63, 3.8) is 0 Å². The first-order valence-electron chi connectivity index (χ1n) is 7.65. The number of nitrogens with zero attached hydrogens (tertiary/aromatic N) is 1. The van der Waals surface area contributed by atoms with E-state index in [0.29, 0.717) is 5.54 Å². The Morgan fingerprint density at radius 2 is 2.06 bits per heavy atom. The molecule has 0 spiro atoms. The van der Waals surface area contributed by atoms with Crippen molar-refractivity contribution in [3.05, 3.63) is 11.1 Å². The van der Waals surface area contributed by atoms with E-state index in [1.165, 1.54) is 62.5 Å². The second-order valence-electron chi connectivity index (χ2n) is 7.07. The lowest BCUT2D eigenvalue weighted by atomic mass is 9.70. The Morgan fingerprint density at radius 3 is 2.82 bits per heavy atom. The van der Waals surface area contributed by atoms with Crippen LogP contribution in [-0.2, 0) is 0 Å². The number of rotatable bonds is 1. The van der Waals surface area contributed by atoms with E-state index in [4.69, 9.17) is 0 Å². The van der Waals surface area contributed by atoms with E-state index < -0.39 is 0 Å². The maximum Gasteiger partial charge on any atom is 0.118 e. The quantitative estimate of drug-likeness (QED) is 0.477. The van der Waals surface area contributed by atoms with Crippen LogP contribution in [0.15, 0.2) is 11.1 Å². The van der Waals surface area contributed by atoms with E-state index in [9.17, 15) is 0 Å². The van der Waals surface area contributed by atoms with Gasteiger partial charge in [-0.15, -0.1) is 0 Å². The van der Waals surface area contributed by atoms with Gasteiger partial charge in [-0.05, 0) is 44.1 Å². The highest BCUT2D eigenvalue weighted by molar-refractivity contribution is 5.30. The van der Waals surface area contributed by atoms with Crippen LogP contribution >= 0.6 is 0 Å². The molecule has 1 heteroatoms. The Hall–Kier alpha value is -0.300. The predicted octanol–water partition coefficient (Wildman–Crippen LogP) is 3.90. The Bertz CT molecular complexity index is 357. The fourth-order valence-corrected chi connectivity index (χ4v) is 4.87. The summed E-state index contributed by atoms with van der Waals surface area (Å²) >= 11 is 0. The van der Waals surface area contributed by atoms with Crippen molar-refractivity contribution >= 4 is 0 Å². The largest absolute Gasteiger partial charge is 0.318 e. The molecule has 0 aromatic heterocycles. The minimum Gasteiger partial charge on any atom is -0.318 e. The van der Waals surface area contributed by atoms with Crippen LogP contribution < -0.4 is 0 Å². The number of hydrogen-bond acceptors (Lipinski definition) is 0. The van der Waals surface area contributed by atoms with Gasteiger partial charge in [-0.3, -0.25) is 0 Å². The van der Waals surface area contributed by atoms with Crippen LogP contribution in [0.5, 0.6) is 0 Å². The van der Waals surface area contributed by atoms with Gasteiger partial charge in [0.2, 0.25) is 0 Å². The Balaban J connectivity index is 1.99. The standard InChI is InChI=1S/C16H28N/c1-4-13-8-10-17(3)11-9-14-6-5-7-15(14)16(17,2)12-13/h13H,4-12H2,1-3H3/q+1/t13-,16+,17-/m1/s1.